The van der Waals surface area contributed by atoms with Crippen molar-refractivity contribution in [2.45, 2.75) is 6.92 Å². The van der Waals surface area contributed by atoms with E-state index in [-0.39, 0.29) is 22.2 Å². The zero-order chi connectivity index (χ0) is 19.7. The van der Waals surface area contributed by atoms with Crippen molar-refractivity contribution in [1.29, 1.82) is 5.26 Å². The molecule has 136 valence electrons. The lowest BCUT2D eigenvalue weighted by molar-refractivity contribution is 0.411. The third-order valence-corrected chi connectivity index (χ3v) is 3.93. The third kappa shape index (κ3) is 3.47. The number of rotatable bonds is 3. The van der Waals surface area contributed by atoms with E-state index in [4.69, 9.17) is 27.3 Å². The highest BCUT2D eigenvalue weighted by molar-refractivity contribution is 6.32. The van der Waals surface area contributed by atoms with Crippen LogP contribution in [0.15, 0.2) is 39.9 Å². The summed E-state index contributed by atoms with van der Waals surface area (Å²) in [6.07, 6.45) is 0. The minimum absolute atomic E-state index is 0.0158. The van der Waals surface area contributed by atoms with E-state index in [2.05, 4.69) is 5.10 Å². The molecule has 10 heteroatoms. The number of phenols is 1. The van der Waals surface area contributed by atoms with Crippen LogP contribution in [0.25, 0.3) is 5.69 Å². The van der Waals surface area contributed by atoms with Gasteiger partial charge in [-0.3, -0.25) is 9.78 Å². The number of benzene rings is 2. The van der Waals surface area contributed by atoms with Crippen LogP contribution in [-0.2, 0) is 0 Å². The van der Waals surface area contributed by atoms with Gasteiger partial charge in [-0.25, -0.2) is 4.79 Å². The molecule has 0 saturated carbocycles. The fourth-order valence-electron chi connectivity index (χ4n) is 2.27. The van der Waals surface area contributed by atoms with Gasteiger partial charge in [0.15, 0.2) is 11.5 Å². The maximum atomic E-state index is 11.9. The summed E-state index contributed by atoms with van der Waals surface area (Å²) in [5.74, 6) is -0.00861. The van der Waals surface area contributed by atoms with Crippen molar-refractivity contribution in [2.24, 2.45) is 0 Å². The Morgan fingerprint density at radius 2 is 2.07 bits per heavy atom. The van der Waals surface area contributed by atoms with Crippen molar-refractivity contribution in [1.82, 2.24) is 14.8 Å². The molecule has 0 unspecified atom stereocenters. The van der Waals surface area contributed by atoms with E-state index in [0.717, 1.165) is 10.2 Å². The number of ether oxygens (including phenoxy) is 1. The lowest BCUT2D eigenvalue weighted by atomic mass is 10.2. The van der Waals surface area contributed by atoms with Crippen molar-refractivity contribution in [3.8, 4) is 29.0 Å². The number of nitrogens with zero attached hydrogens (tertiary/aromatic N) is 3. The minimum Gasteiger partial charge on any atom is -0.504 e. The Balaban J connectivity index is 2.06. The highest BCUT2D eigenvalue weighted by Gasteiger charge is 2.15. The first-order valence-electron chi connectivity index (χ1n) is 7.50. The average molecular weight is 386 g/mol. The van der Waals surface area contributed by atoms with Crippen LogP contribution >= 0.6 is 11.6 Å². The van der Waals surface area contributed by atoms with Gasteiger partial charge < -0.3 is 15.6 Å². The number of aromatic hydroxyl groups is 1. The maximum Gasteiger partial charge on any atom is 0.349 e. The summed E-state index contributed by atoms with van der Waals surface area (Å²) in [5, 5.41) is 22.8. The molecule has 0 spiro atoms. The van der Waals surface area contributed by atoms with E-state index < -0.39 is 16.9 Å². The first-order valence-corrected chi connectivity index (χ1v) is 7.88. The van der Waals surface area contributed by atoms with Crippen molar-refractivity contribution in [3.63, 3.8) is 0 Å². The van der Waals surface area contributed by atoms with Gasteiger partial charge in [0.1, 0.15) is 11.8 Å². The molecule has 3 rings (SSSR count). The standard InChI is InChI=1S/C17H12ClN5O4/c1-8-4-10(2-3-12(8)20)27-15-11(18)5-9(6-14(15)24)23-17(26)21-16(25)13(7-19)22-23/h2-6,24H,20H2,1H3,(H,21,25,26). The molecule has 9 nitrogen and oxygen atoms in total. The normalized spacial score (nSPS) is 10.4. The van der Waals surface area contributed by atoms with Crippen molar-refractivity contribution < 1.29 is 9.84 Å². The molecule has 0 aliphatic rings. The number of nitrogens with two attached hydrogens (primary N) is 1. The largest absolute Gasteiger partial charge is 0.504 e. The van der Waals surface area contributed by atoms with Crippen molar-refractivity contribution in [2.75, 3.05) is 5.73 Å². The maximum absolute atomic E-state index is 11.9. The molecule has 0 aliphatic carbocycles. The van der Waals surface area contributed by atoms with Crippen LogP contribution < -0.4 is 21.7 Å². The number of hydrogen-bond acceptors (Lipinski definition) is 7. The molecule has 0 aliphatic heterocycles. The van der Waals surface area contributed by atoms with Gasteiger partial charge >= 0.3 is 5.69 Å². The molecule has 1 aromatic heterocycles. The Morgan fingerprint density at radius 1 is 1.33 bits per heavy atom. The number of halogens is 1. The van der Waals surface area contributed by atoms with Crippen LogP contribution in [0.1, 0.15) is 11.3 Å². The van der Waals surface area contributed by atoms with E-state index in [1.807, 2.05) is 4.98 Å². The minimum atomic E-state index is -0.909. The lowest BCUT2D eigenvalue weighted by Crippen LogP contribution is -2.33. The SMILES string of the molecule is Cc1cc(Oc2c(O)cc(-n3nc(C#N)c(=O)[nH]c3=O)cc2Cl)ccc1N. The first kappa shape index (κ1) is 18.0. The Labute approximate surface area is 156 Å². The second kappa shape index (κ2) is 6.86. The third-order valence-electron chi connectivity index (χ3n) is 3.65. The zero-order valence-corrected chi connectivity index (χ0v) is 14.6. The highest BCUT2D eigenvalue weighted by atomic mass is 35.5. The number of aromatic amines is 1. The fourth-order valence-corrected chi connectivity index (χ4v) is 2.51. The predicted molar refractivity (Wildman–Crippen MR) is 97.5 cm³/mol. The molecule has 3 aromatic rings. The summed E-state index contributed by atoms with van der Waals surface area (Å²) >= 11 is 6.17. The second-order valence-corrected chi connectivity index (χ2v) is 5.93. The Bertz CT molecular complexity index is 1190. The second-order valence-electron chi connectivity index (χ2n) is 5.53. The molecule has 0 saturated heterocycles. The smallest absolute Gasteiger partial charge is 0.349 e. The number of phenolic OH excluding ortho intramolecular Hbond substituents is 1. The Hall–Kier alpha value is -3.77. The molecule has 1 heterocycles. The number of aryl methyl sites for hydroxylation is 1. The summed E-state index contributed by atoms with van der Waals surface area (Å²) in [4.78, 5) is 25.3. The predicted octanol–water partition coefficient (Wildman–Crippen LogP) is 1.83. The highest BCUT2D eigenvalue weighted by Crippen LogP contribution is 2.39. The van der Waals surface area contributed by atoms with Crippen LogP contribution in [0.4, 0.5) is 5.69 Å². The number of nitrogens with one attached hydrogen (secondary N) is 1. The van der Waals surface area contributed by atoms with Gasteiger partial charge in [-0.2, -0.15) is 9.94 Å². The van der Waals surface area contributed by atoms with E-state index in [1.54, 1.807) is 31.2 Å². The van der Waals surface area contributed by atoms with E-state index in [1.165, 1.54) is 12.1 Å². The number of nitrogen functional groups attached to an aromatic ring is 1. The molecule has 0 amide bonds. The zero-order valence-electron chi connectivity index (χ0n) is 13.9. The van der Waals surface area contributed by atoms with Crippen molar-refractivity contribution in [3.05, 3.63) is 67.4 Å². The molecule has 4 N–H and O–H groups in total. The van der Waals surface area contributed by atoms with Gasteiger partial charge in [0, 0.05) is 11.8 Å². The number of anilines is 1. The van der Waals surface area contributed by atoms with Gasteiger partial charge in [-0.05, 0) is 36.8 Å². The van der Waals surface area contributed by atoms with Crippen LogP contribution in [-0.4, -0.2) is 19.9 Å². The summed E-state index contributed by atoms with van der Waals surface area (Å²) < 4.78 is 6.34. The van der Waals surface area contributed by atoms with Crippen LogP contribution in [0, 0.1) is 18.3 Å². The number of H-pyrrole nitrogens is 1. The molecule has 0 atom stereocenters. The van der Waals surface area contributed by atoms with Gasteiger partial charge in [0.25, 0.3) is 5.56 Å². The molecule has 0 bridgehead atoms. The quantitative estimate of drug-likeness (QED) is 0.582. The molecule has 27 heavy (non-hydrogen) atoms. The van der Waals surface area contributed by atoms with Gasteiger partial charge in [-0.15, -0.1) is 5.10 Å². The summed E-state index contributed by atoms with van der Waals surface area (Å²) in [5.41, 5.74) is 4.85. The number of hydrogen-bond donors (Lipinski definition) is 3. The molecule has 0 radical (unpaired) electrons. The summed E-state index contributed by atoms with van der Waals surface area (Å²) in [6, 6.07) is 8.97. The number of aromatic nitrogens is 3. The van der Waals surface area contributed by atoms with Gasteiger partial charge in [-0.1, -0.05) is 11.6 Å². The fraction of sp³-hybridized carbons (Fsp3) is 0.0588. The average Bonchev–Trinajstić information content (AvgIpc) is 2.61. The number of nitriles is 1. The van der Waals surface area contributed by atoms with Gasteiger partial charge in [0.05, 0.1) is 10.7 Å². The monoisotopic (exact) mass is 385 g/mol. The molecule has 0 fully saturated rings. The molecular weight excluding hydrogens is 374 g/mol. The lowest BCUT2D eigenvalue weighted by Gasteiger charge is -2.13. The molecular formula is C17H12ClN5O4. The molecule has 2 aromatic carbocycles. The topological polar surface area (TPSA) is 147 Å². The summed E-state index contributed by atoms with van der Waals surface area (Å²) in [6.45, 7) is 1.80. The van der Waals surface area contributed by atoms with E-state index in [0.29, 0.717) is 11.4 Å². The van der Waals surface area contributed by atoms with Crippen LogP contribution in [0.2, 0.25) is 5.02 Å². The van der Waals surface area contributed by atoms with Crippen LogP contribution in [0.5, 0.6) is 17.2 Å². The van der Waals surface area contributed by atoms with E-state index in [9.17, 15) is 14.7 Å². The Kier molecular flexibility index (Phi) is 4.58. The van der Waals surface area contributed by atoms with Gasteiger partial charge in [0.2, 0.25) is 5.69 Å². The Morgan fingerprint density at radius 3 is 2.70 bits per heavy atom. The van der Waals surface area contributed by atoms with Crippen LogP contribution in [0.3, 0.4) is 0 Å². The summed E-state index contributed by atoms with van der Waals surface area (Å²) in [7, 11) is 0. The van der Waals surface area contributed by atoms with E-state index >= 15 is 0 Å². The van der Waals surface area contributed by atoms with Crippen molar-refractivity contribution >= 4 is 17.3 Å². The first-order chi connectivity index (χ1) is 12.8.